The lowest BCUT2D eigenvalue weighted by Gasteiger charge is -2.33. The number of carbonyl (C=O) groups is 1. The lowest BCUT2D eigenvalue weighted by molar-refractivity contribution is -0.117. The molecule has 0 saturated carbocycles. The molecule has 0 spiro atoms. The van der Waals surface area contributed by atoms with Gasteiger partial charge in [0.1, 0.15) is 5.76 Å². The molecule has 1 aliphatic carbocycles. The number of nitrogens with one attached hydrogen (secondary N) is 1. The van der Waals surface area contributed by atoms with Crippen molar-refractivity contribution in [2.75, 3.05) is 44.7 Å². The van der Waals surface area contributed by atoms with Crippen molar-refractivity contribution in [3.63, 3.8) is 0 Å². The number of fused-ring (bicyclic) bond motifs is 1. The van der Waals surface area contributed by atoms with Crippen molar-refractivity contribution in [2.24, 2.45) is 5.92 Å². The Morgan fingerprint density at radius 1 is 1.16 bits per heavy atom. The van der Waals surface area contributed by atoms with Crippen molar-refractivity contribution in [1.82, 2.24) is 24.8 Å². The third kappa shape index (κ3) is 5.36. The van der Waals surface area contributed by atoms with Crippen molar-refractivity contribution in [3.05, 3.63) is 69.8 Å². The van der Waals surface area contributed by atoms with E-state index in [1.54, 1.807) is 4.57 Å². The molecule has 1 aromatic carbocycles. The van der Waals surface area contributed by atoms with Crippen LogP contribution in [0.3, 0.4) is 0 Å². The maximum Gasteiger partial charge on any atom is 0.419 e. The van der Waals surface area contributed by atoms with Crippen LogP contribution >= 0.6 is 0 Å². The number of hydrogen-bond donors (Lipinski definition) is 1. The van der Waals surface area contributed by atoms with Gasteiger partial charge in [0.2, 0.25) is 5.91 Å². The van der Waals surface area contributed by atoms with Crippen LogP contribution in [0.15, 0.2) is 51.4 Å². The molecule has 9 heteroatoms. The minimum absolute atomic E-state index is 0.0161. The van der Waals surface area contributed by atoms with E-state index < -0.39 is 5.76 Å². The Balaban J connectivity index is 1.36. The fourth-order valence-corrected chi connectivity index (χ4v) is 4.91. The molecule has 1 saturated heterocycles. The molecule has 5 rings (SSSR count). The topological polar surface area (TPSA) is 96.5 Å². The molecule has 2 aromatic heterocycles. The predicted octanol–water partition coefficient (Wildman–Crippen LogP) is 2.80. The average Bonchev–Trinajstić information content (AvgIpc) is 3.20. The number of carbonyl (C=O) groups excluding carboxylic acids is 1. The Labute approximate surface area is 216 Å². The number of benzene rings is 1. The van der Waals surface area contributed by atoms with E-state index >= 15 is 0 Å². The zero-order chi connectivity index (χ0) is 25.9. The van der Waals surface area contributed by atoms with Gasteiger partial charge in [0, 0.05) is 50.3 Å². The predicted molar refractivity (Wildman–Crippen MR) is 143 cm³/mol. The van der Waals surface area contributed by atoms with Gasteiger partial charge >= 0.3 is 5.76 Å². The van der Waals surface area contributed by atoms with Gasteiger partial charge in [-0.1, -0.05) is 32.0 Å². The van der Waals surface area contributed by atoms with Crippen LogP contribution in [0, 0.1) is 5.92 Å². The summed E-state index contributed by atoms with van der Waals surface area (Å²) < 4.78 is 7.18. The molecule has 0 radical (unpaired) electrons. The highest BCUT2D eigenvalue weighted by molar-refractivity contribution is 5.98. The molecule has 3 aromatic rings. The molecule has 1 aliphatic heterocycles. The number of oxazole rings is 1. The molecule has 2 aliphatic rings. The van der Waals surface area contributed by atoms with Crippen molar-refractivity contribution in [3.8, 4) is 11.4 Å². The van der Waals surface area contributed by atoms with E-state index in [-0.39, 0.29) is 11.8 Å². The number of nitrogens with zero attached hydrogens (tertiary/aromatic N) is 5. The molecular formula is C28H34N6O3. The van der Waals surface area contributed by atoms with Crippen LogP contribution in [0.2, 0.25) is 0 Å². The summed E-state index contributed by atoms with van der Waals surface area (Å²) >= 11 is 0. The van der Waals surface area contributed by atoms with Gasteiger partial charge in [0.05, 0.1) is 30.3 Å². The second-order valence-corrected chi connectivity index (χ2v) is 9.98. The van der Waals surface area contributed by atoms with E-state index in [2.05, 4.69) is 32.1 Å². The van der Waals surface area contributed by atoms with E-state index in [9.17, 15) is 9.59 Å². The number of aromatic nitrogens is 3. The molecule has 3 heterocycles. The van der Waals surface area contributed by atoms with Crippen LogP contribution < -0.4 is 16.0 Å². The molecule has 9 nitrogen and oxygen atoms in total. The Hall–Kier alpha value is -3.72. The summed E-state index contributed by atoms with van der Waals surface area (Å²) in [6.45, 7) is 8.95. The number of likely N-dealkylation sites (N-methyl/N-ethyl adjacent to an activating group) is 1. The first-order chi connectivity index (χ1) is 17.9. The zero-order valence-electron chi connectivity index (χ0n) is 21.7. The Morgan fingerprint density at radius 2 is 1.92 bits per heavy atom. The second-order valence-electron chi connectivity index (χ2n) is 9.98. The highest BCUT2D eigenvalue weighted by Crippen LogP contribution is 2.29. The Kier molecular flexibility index (Phi) is 7.23. The summed E-state index contributed by atoms with van der Waals surface area (Å²) in [6, 6.07) is 7.89. The van der Waals surface area contributed by atoms with Gasteiger partial charge in [-0.25, -0.2) is 14.8 Å². The molecule has 1 unspecified atom stereocenters. The lowest BCUT2D eigenvalue weighted by atomic mass is 9.89. The van der Waals surface area contributed by atoms with E-state index in [1.807, 2.05) is 56.6 Å². The molecule has 1 fully saturated rings. The summed E-state index contributed by atoms with van der Waals surface area (Å²) in [5.41, 5.74) is 4.20. The SMILES string of the molecule is CCCNC(=O)C1=Cc2c(oc(=O)n2Cc2cccc(-c3ncc(N4CCN(C)CC4)cn3)c2)CC1C. The molecule has 194 valence electrons. The van der Waals surface area contributed by atoms with E-state index in [4.69, 9.17) is 4.42 Å². The summed E-state index contributed by atoms with van der Waals surface area (Å²) in [4.78, 5) is 39.3. The molecule has 37 heavy (non-hydrogen) atoms. The average molecular weight is 503 g/mol. The molecule has 1 atom stereocenters. The smallest absolute Gasteiger partial charge is 0.412 e. The fourth-order valence-electron chi connectivity index (χ4n) is 4.91. The second kappa shape index (κ2) is 10.7. The Morgan fingerprint density at radius 3 is 2.65 bits per heavy atom. The van der Waals surface area contributed by atoms with E-state index in [0.29, 0.717) is 42.4 Å². The third-order valence-corrected chi connectivity index (χ3v) is 7.15. The first kappa shape index (κ1) is 25.0. The van der Waals surface area contributed by atoms with Crippen LogP contribution in [0.25, 0.3) is 17.5 Å². The number of hydrogen-bond acceptors (Lipinski definition) is 7. The summed E-state index contributed by atoms with van der Waals surface area (Å²) in [7, 11) is 2.14. The van der Waals surface area contributed by atoms with E-state index in [1.165, 1.54) is 0 Å². The first-order valence-electron chi connectivity index (χ1n) is 13.0. The normalized spacial score (nSPS) is 17.9. The maximum absolute atomic E-state index is 12.8. The number of piperazine rings is 1. The van der Waals surface area contributed by atoms with Crippen molar-refractivity contribution >= 4 is 17.7 Å². The number of anilines is 1. The van der Waals surface area contributed by atoms with Crippen molar-refractivity contribution < 1.29 is 9.21 Å². The summed E-state index contributed by atoms with van der Waals surface area (Å²) in [5, 5.41) is 2.95. The maximum atomic E-state index is 12.8. The molecule has 1 amide bonds. The summed E-state index contributed by atoms with van der Waals surface area (Å²) in [6.07, 6.45) is 6.97. The number of amides is 1. The van der Waals surface area contributed by atoms with Gasteiger partial charge in [0.15, 0.2) is 5.82 Å². The molecule has 0 bridgehead atoms. The third-order valence-electron chi connectivity index (χ3n) is 7.15. The molecule has 1 N–H and O–H groups in total. The number of rotatable bonds is 7. The van der Waals surface area contributed by atoms with Gasteiger partial charge < -0.3 is 19.5 Å². The van der Waals surface area contributed by atoms with Gasteiger partial charge in [-0.15, -0.1) is 0 Å². The van der Waals surface area contributed by atoms with Gasteiger partial charge in [-0.2, -0.15) is 0 Å². The van der Waals surface area contributed by atoms with Crippen molar-refractivity contribution in [1.29, 1.82) is 0 Å². The highest BCUT2D eigenvalue weighted by atomic mass is 16.4. The van der Waals surface area contributed by atoms with Crippen LogP contribution in [-0.2, 0) is 17.8 Å². The highest BCUT2D eigenvalue weighted by Gasteiger charge is 2.28. The van der Waals surface area contributed by atoms with Crippen LogP contribution in [0.1, 0.15) is 37.3 Å². The largest absolute Gasteiger partial charge is 0.419 e. The minimum Gasteiger partial charge on any atom is -0.412 e. The zero-order valence-corrected chi connectivity index (χ0v) is 21.7. The van der Waals surface area contributed by atoms with Crippen LogP contribution in [0.4, 0.5) is 5.69 Å². The summed E-state index contributed by atoms with van der Waals surface area (Å²) in [5.74, 6) is 0.757. The Bertz CT molecular complexity index is 1350. The fraction of sp³-hybridized carbons (Fsp3) is 0.429. The monoisotopic (exact) mass is 502 g/mol. The first-order valence-corrected chi connectivity index (χ1v) is 13.0. The molecular weight excluding hydrogens is 468 g/mol. The van der Waals surface area contributed by atoms with Gasteiger partial charge in [0.25, 0.3) is 0 Å². The van der Waals surface area contributed by atoms with Crippen LogP contribution in [-0.4, -0.2) is 65.1 Å². The lowest BCUT2D eigenvalue weighted by Crippen LogP contribution is -2.44. The van der Waals surface area contributed by atoms with E-state index in [0.717, 1.165) is 49.4 Å². The van der Waals surface area contributed by atoms with Gasteiger partial charge in [-0.3, -0.25) is 9.36 Å². The minimum atomic E-state index is -0.415. The van der Waals surface area contributed by atoms with Gasteiger partial charge in [-0.05, 0) is 37.1 Å². The quantitative estimate of drug-likeness (QED) is 0.531. The standard InChI is InChI=1S/C28H34N6O3/c1-4-8-29-27(35)23-15-24-25(13-19(23)2)37-28(36)34(24)18-20-6-5-7-21(14-20)26-30-16-22(17-31-26)33-11-9-32(3)10-12-33/h5-7,14-17,19H,4,8-13,18H2,1-3H3,(H,29,35). The van der Waals surface area contributed by atoms with Crippen LogP contribution in [0.5, 0.6) is 0 Å². The van der Waals surface area contributed by atoms with Crippen molar-refractivity contribution in [2.45, 2.75) is 33.2 Å².